The first-order chi connectivity index (χ1) is 9.90. The normalized spacial score (nSPS) is 13.2. The smallest absolute Gasteiger partial charge is 0.271 e. The van der Waals surface area contributed by atoms with Gasteiger partial charge < -0.3 is 0 Å². The van der Waals surface area contributed by atoms with Crippen LogP contribution in [0.4, 0.5) is 13.2 Å². The predicted octanol–water partition coefficient (Wildman–Crippen LogP) is 2.55. The van der Waals surface area contributed by atoms with E-state index in [2.05, 4.69) is 15.4 Å². The van der Waals surface area contributed by atoms with Gasteiger partial charge in [-0.05, 0) is 36.6 Å². The third-order valence-electron chi connectivity index (χ3n) is 3.03. The Morgan fingerprint density at radius 1 is 1.14 bits per heavy atom. The van der Waals surface area contributed by atoms with Crippen LogP contribution in [0.5, 0.6) is 0 Å². The van der Waals surface area contributed by atoms with Gasteiger partial charge in [0, 0.05) is 12.4 Å². The standard InChI is InChI=1S/C14H15F3N4/c1-9-7-19-13(20-8-9)12(21-18)6-10-2-4-11(5-3-10)14(15,16)17/h2-5,7-8,12,21H,6,18H2,1H3. The summed E-state index contributed by atoms with van der Waals surface area (Å²) < 4.78 is 37.5. The third kappa shape index (κ3) is 3.99. The molecule has 0 aliphatic heterocycles. The number of rotatable bonds is 4. The van der Waals surface area contributed by atoms with E-state index in [1.807, 2.05) is 6.92 Å². The highest BCUT2D eigenvalue weighted by Crippen LogP contribution is 2.29. The molecule has 0 saturated heterocycles. The number of nitrogens with one attached hydrogen (secondary N) is 1. The Bertz CT molecular complexity index is 579. The highest BCUT2D eigenvalue weighted by atomic mass is 19.4. The van der Waals surface area contributed by atoms with Gasteiger partial charge in [-0.1, -0.05) is 12.1 Å². The van der Waals surface area contributed by atoms with E-state index in [1.54, 1.807) is 12.4 Å². The lowest BCUT2D eigenvalue weighted by atomic mass is 10.0. The Balaban J connectivity index is 2.13. The van der Waals surface area contributed by atoms with Crippen LogP contribution in [0.1, 0.15) is 28.6 Å². The lowest BCUT2D eigenvalue weighted by molar-refractivity contribution is -0.137. The molecule has 21 heavy (non-hydrogen) atoms. The minimum atomic E-state index is -4.33. The van der Waals surface area contributed by atoms with Gasteiger partial charge >= 0.3 is 6.18 Å². The van der Waals surface area contributed by atoms with Crippen molar-refractivity contribution < 1.29 is 13.2 Å². The number of halogens is 3. The van der Waals surface area contributed by atoms with Gasteiger partial charge in [0.25, 0.3) is 0 Å². The lowest BCUT2D eigenvalue weighted by Gasteiger charge is -2.15. The van der Waals surface area contributed by atoms with Crippen LogP contribution in [0.25, 0.3) is 0 Å². The molecule has 1 heterocycles. The van der Waals surface area contributed by atoms with Crippen LogP contribution in [-0.2, 0) is 12.6 Å². The minimum absolute atomic E-state index is 0.359. The minimum Gasteiger partial charge on any atom is -0.271 e. The quantitative estimate of drug-likeness (QED) is 0.672. The molecule has 2 aromatic rings. The SMILES string of the molecule is Cc1cnc(C(Cc2ccc(C(F)(F)F)cc2)NN)nc1. The molecule has 7 heteroatoms. The van der Waals surface area contributed by atoms with Crippen molar-refractivity contribution in [3.63, 3.8) is 0 Å². The number of alkyl halides is 3. The van der Waals surface area contributed by atoms with Crippen LogP contribution in [0, 0.1) is 6.92 Å². The number of hydrogen-bond acceptors (Lipinski definition) is 4. The van der Waals surface area contributed by atoms with Gasteiger partial charge in [-0.15, -0.1) is 0 Å². The largest absolute Gasteiger partial charge is 0.416 e. The molecular formula is C14H15F3N4. The van der Waals surface area contributed by atoms with Crippen LogP contribution in [0.15, 0.2) is 36.7 Å². The number of nitrogens with zero attached hydrogens (tertiary/aromatic N) is 2. The van der Waals surface area contributed by atoms with E-state index in [0.717, 1.165) is 23.3 Å². The fourth-order valence-corrected chi connectivity index (χ4v) is 1.87. The summed E-state index contributed by atoms with van der Waals surface area (Å²) in [7, 11) is 0. The number of aryl methyl sites for hydroxylation is 1. The van der Waals surface area contributed by atoms with Gasteiger partial charge in [0.1, 0.15) is 5.82 Å². The lowest BCUT2D eigenvalue weighted by Crippen LogP contribution is -2.31. The van der Waals surface area contributed by atoms with Crippen molar-refractivity contribution >= 4 is 0 Å². The highest BCUT2D eigenvalue weighted by molar-refractivity contribution is 5.25. The average Bonchev–Trinajstić information content (AvgIpc) is 2.45. The zero-order valence-electron chi connectivity index (χ0n) is 11.4. The van der Waals surface area contributed by atoms with Gasteiger partial charge in [0.05, 0.1) is 11.6 Å². The summed E-state index contributed by atoms with van der Waals surface area (Å²) in [6.45, 7) is 1.87. The first kappa shape index (κ1) is 15.4. The van der Waals surface area contributed by atoms with E-state index >= 15 is 0 Å². The van der Waals surface area contributed by atoms with Gasteiger partial charge in [0.15, 0.2) is 0 Å². The Kier molecular flexibility index (Phi) is 4.54. The van der Waals surface area contributed by atoms with Crippen molar-refractivity contribution in [2.45, 2.75) is 25.6 Å². The fourth-order valence-electron chi connectivity index (χ4n) is 1.87. The third-order valence-corrected chi connectivity index (χ3v) is 3.03. The zero-order valence-corrected chi connectivity index (χ0v) is 11.4. The molecule has 0 bridgehead atoms. The second-order valence-electron chi connectivity index (χ2n) is 4.74. The average molecular weight is 296 g/mol. The predicted molar refractivity (Wildman–Crippen MR) is 72.0 cm³/mol. The van der Waals surface area contributed by atoms with Gasteiger partial charge in [0.2, 0.25) is 0 Å². The molecule has 1 atom stereocenters. The monoisotopic (exact) mass is 296 g/mol. The Hall–Kier alpha value is -1.99. The maximum absolute atomic E-state index is 12.5. The van der Waals surface area contributed by atoms with E-state index in [-0.39, 0.29) is 6.04 Å². The van der Waals surface area contributed by atoms with E-state index < -0.39 is 11.7 Å². The van der Waals surface area contributed by atoms with Crippen molar-refractivity contribution in [3.05, 3.63) is 59.2 Å². The zero-order chi connectivity index (χ0) is 15.5. The molecule has 0 saturated carbocycles. The molecule has 0 aliphatic rings. The van der Waals surface area contributed by atoms with Crippen molar-refractivity contribution in [1.29, 1.82) is 0 Å². The first-order valence-electron chi connectivity index (χ1n) is 6.31. The maximum Gasteiger partial charge on any atom is 0.416 e. The summed E-state index contributed by atoms with van der Waals surface area (Å²) in [5.41, 5.74) is 3.55. The summed E-state index contributed by atoms with van der Waals surface area (Å²) >= 11 is 0. The molecule has 0 fully saturated rings. The van der Waals surface area contributed by atoms with E-state index in [4.69, 9.17) is 5.84 Å². The molecule has 1 aromatic heterocycles. The number of hydrogen-bond donors (Lipinski definition) is 2. The van der Waals surface area contributed by atoms with E-state index in [9.17, 15) is 13.2 Å². The van der Waals surface area contributed by atoms with Crippen molar-refractivity contribution in [2.75, 3.05) is 0 Å². The Labute approximate surface area is 120 Å². The van der Waals surface area contributed by atoms with Crippen LogP contribution in [0.2, 0.25) is 0 Å². The van der Waals surface area contributed by atoms with Gasteiger partial charge in [-0.25, -0.2) is 15.4 Å². The Morgan fingerprint density at radius 2 is 1.71 bits per heavy atom. The molecule has 1 aromatic carbocycles. The van der Waals surface area contributed by atoms with Crippen molar-refractivity contribution in [1.82, 2.24) is 15.4 Å². The molecule has 3 N–H and O–H groups in total. The molecule has 0 spiro atoms. The van der Waals surface area contributed by atoms with Crippen molar-refractivity contribution in [2.24, 2.45) is 5.84 Å². The second kappa shape index (κ2) is 6.19. The van der Waals surface area contributed by atoms with Crippen LogP contribution >= 0.6 is 0 Å². The Morgan fingerprint density at radius 3 is 2.19 bits per heavy atom. The molecule has 0 amide bonds. The summed E-state index contributed by atoms with van der Waals surface area (Å²) in [4.78, 5) is 8.34. The summed E-state index contributed by atoms with van der Waals surface area (Å²) in [6.07, 6.45) is -0.597. The molecule has 0 aliphatic carbocycles. The summed E-state index contributed by atoms with van der Waals surface area (Å²) in [6, 6.07) is 4.61. The van der Waals surface area contributed by atoms with Gasteiger partial charge in [-0.3, -0.25) is 5.84 Å². The van der Waals surface area contributed by atoms with Crippen LogP contribution in [0.3, 0.4) is 0 Å². The van der Waals surface area contributed by atoms with Crippen molar-refractivity contribution in [3.8, 4) is 0 Å². The topological polar surface area (TPSA) is 63.8 Å². The van der Waals surface area contributed by atoms with Crippen LogP contribution < -0.4 is 11.3 Å². The van der Waals surface area contributed by atoms with Crippen LogP contribution in [-0.4, -0.2) is 9.97 Å². The van der Waals surface area contributed by atoms with E-state index in [1.165, 1.54) is 12.1 Å². The molecule has 1 unspecified atom stereocenters. The highest BCUT2D eigenvalue weighted by Gasteiger charge is 2.30. The number of aromatic nitrogens is 2. The fraction of sp³-hybridized carbons (Fsp3) is 0.286. The van der Waals surface area contributed by atoms with Gasteiger partial charge in [-0.2, -0.15) is 13.2 Å². The molecule has 0 radical (unpaired) electrons. The second-order valence-corrected chi connectivity index (χ2v) is 4.74. The molecule has 2 rings (SSSR count). The molecule has 4 nitrogen and oxygen atoms in total. The van der Waals surface area contributed by atoms with E-state index in [0.29, 0.717) is 12.2 Å². The number of nitrogens with two attached hydrogens (primary N) is 1. The molecular weight excluding hydrogens is 281 g/mol. The first-order valence-corrected chi connectivity index (χ1v) is 6.31. The molecule has 112 valence electrons. The number of hydrazine groups is 1. The summed E-state index contributed by atoms with van der Waals surface area (Å²) in [5.74, 6) is 5.98. The maximum atomic E-state index is 12.5. The summed E-state index contributed by atoms with van der Waals surface area (Å²) in [5, 5.41) is 0. The number of benzene rings is 1.